The number of pyridine rings is 1. The molecule has 1 heterocycles. The normalized spacial score (nSPS) is 13.6. The maximum absolute atomic E-state index is 11.7. The smallest absolute Gasteiger partial charge is 0.309 e. The van der Waals surface area contributed by atoms with Crippen molar-refractivity contribution in [1.82, 2.24) is 4.98 Å². The summed E-state index contributed by atoms with van der Waals surface area (Å²) >= 11 is 0. The second-order valence-electron chi connectivity index (χ2n) is 11.0. The minimum Gasteiger partial charge on any atom is -0.481 e. The summed E-state index contributed by atoms with van der Waals surface area (Å²) < 4.78 is 5.91. The number of hydrogen-bond acceptors (Lipinski definition) is 4. The first kappa shape index (κ1) is 29.5. The highest BCUT2D eigenvalue weighted by molar-refractivity contribution is 5.74. The molecule has 1 aromatic heterocycles. The molecular formula is C35H44N2O3. The van der Waals surface area contributed by atoms with Crippen molar-refractivity contribution in [3.63, 3.8) is 0 Å². The quantitative estimate of drug-likeness (QED) is 0.168. The molecule has 4 rings (SSSR count). The van der Waals surface area contributed by atoms with Crippen molar-refractivity contribution in [2.24, 2.45) is 5.41 Å². The van der Waals surface area contributed by atoms with E-state index in [4.69, 9.17) is 9.72 Å². The van der Waals surface area contributed by atoms with Gasteiger partial charge in [-0.05, 0) is 104 Å². The van der Waals surface area contributed by atoms with Gasteiger partial charge in [-0.3, -0.25) is 9.78 Å². The Morgan fingerprint density at radius 2 is 1.80 bits per heavy atom. The molecule has 2 aromatic carbocycles. The fourth-order valence-corrected chi connectivity index (χ4v) is 5.15. The van der Waals surface area contributed by atoms with E-state index in [0.29, 0.717) is 32.4 Å². The van der Waals surface area contributed by atoms with Gasteiger partial charge < -0.3 is 15.2 Å². The lowest BCUT2D eigenvalue weighted by atomic mass is 9.79. The number of carboxylic acid groups (broad SMARTS) is 1. The van der Waals surface area contributed by atoms with Crippen molar-refractivity contribution >= 4 is 23.8 Å². The highest BCUT2D eigenvalue weighted by atomic mass is 16.5. The van der Waals surface area contributed by atoms with Crippen molar-refractivity contribution < 1.29 is 14.6 Å². The fourth-order valence-electron chi connectivity index (χ4n) is 5.15. The van der Waals surface area contributed by atoms with Crippen LogP contribution in [-0.4, -0.2) is 29.2 Å². The molecule has 0 unspecified atom stereocenters. The van der Waals surface area contributed by atoms with E-state index in [9.17, 15) is 9.90 Å². The van der Waals surface area contributed by atoms with Gasteiger partial charge in [-0.2, -0.15) is 0 Å². The molecule has 3 aromatic rings. The van der Waals surface area contributed by atoms with Gasteiger partial charge in [0.1, 0.15) is 0 Å². The molecule has 0 saturated heterocycles. The van der Waals surface area contributed by atoms with E-state index in [2.05, 4.69) is 47.8 Å². The highest BCUT2D eigenvalue weighted by Gasteiger charge is 2.34. The molecule has 0 aliphatic heterocycles. The number of hydrogen-bond donors (Lipinski definition) is 2. The Balaban J connectivity index is 1.18. The number of carboxylic acids is 1. The van der Waals surface area contributed by atoms with Crippen molar-refractivity contribution in [1.29, 1.82) is 0 Å². The molecule has 2 N–H and O–H groups in total. The number of carbonyl (C=O) groups is 1. The number of nitrogens with zero attached hydrogens (tertiary/aromatic N) is 1. The van der Waals surface area contributed by atoms with E-state index in [0.717, 1.165) is 54.4 Å². The van der Waals surface area contributed by atoms with E-state index < -0.39 is 11.4 Å². The summed E-state index contributed by atoms with van der Waals surface area (Å²) in [6.45, 7) is 5.79. The van der Waals surface area contributed by atoms with E-state index in [1.165, 1.54) is 24.0 Å². The predicted molar refractivity (Wildman–Crippen MR) is 164 cm³/mol. The van der Waals surface area contributed by atoms with E-state index in [1.807, 2.05) is 50.3 Å². The minimum atomic E-state index is -0.707. The van der Waals surface area contributed by atoms with Gasteiger partial charge >= 0.3 is 5.97 Å². The van der Waals surface area contributed by atoms with Crippen molar-refractivity contribution in [2.45, 2.75) is 77.7 Å². The average molecular weight is 541 g/mol. The third kappa shape index (κ3) is 8.79. The van der Waals surface area contributed by atoms with Crippen LogP contribution in [-0.2, 0) is 22.6 Å². The first-order valence-corrected chi connectivity index (χ1v) is 14.9. The van der Waals surface area contributed by atoms with Crippen molar-refractivity contribution in [3.8, 4) is 0 Å². The number of benzene rings is 2. The van der Waals surface area contributed by atoms with Crippen LogP contribution in [0.15, 0.2) is 66.7 Å². The molecule has 1 aliphatic rings. The molecule has 5 nitrogen and oxygen atoms in total. The Morgan fingerprint density at radius 3 is 2.52 bits per heavy atom. The summed E-state index contributed by atoms with van der Waals surface area (Å²) in [5, 5.41) is 13.1. The van der Waals surface area contributed by atoms with Gasteiger partial charge in [0.2, 0.25) is 0 Å². The number of nitrogens with one attached hydrogen (secondary N) is 1. The van der Waals surface area contributed by atoms with E-state index in [1.54, 1.807) is 0 Å². The number of aliphatic carboxylic acids is 1. The van der Waals surface area contributed by atoms with E-state index >= 15 is 0 Å². The Hall–Kier alpha value is -3.44. The lowest BCUT2D eigenvalue weighted by Gasteiger charge is -2.26. The molecule has 0 radical (unpaired) electrons. The Morgan fingerprint density at radius 1 is 1.02 bits per heavy atom. The van der Waals surface area contributed by atoms with Crippen LogP contribution in [0.4, 0.5) is 5.69 Å². The molecule has 1 aliphatic carbocycles. The molecule has 0 amide bonds. The summed E-state index contributed by atoms with van der Waals surface area (Å²) in [4.78, 5) is 16.5. The number of unbranched alkanes of at least 4 members (excludes halogenated alkanes) is 1. The second kappa shape index (κ2) is 14.8. The van der Waals surface area contributed by atoms with Gasteiger partial charge in [0, 0.05) is 18.8 Å². The Bertz CT molecular complexity index is 1240. The summed E-state index contributed by atoms with van der Waals surface area (Å²) in [5.74, 6) is 0.116. The molecule has 0 atom stereocenters. The van der Waals surface area contributed by atoms with Gasteiger partial charge in [0.05, 0.1) is 23.4 Å². The maximum atomic E-state index is 11.7. The maximum Gasteiger partial charge on any atom is 0.309 e. The second-order valence-corrected chi connectivity index (χ2v) is 11.0. The molecule has 0 spiro atoms. The molecular weight excluding hydrogens is 496 g/mol. The van der Waals surface area contributed by atoms with Crippen LogP contribution in [0.25, 0.3) is 12.2 Å². The zero-order valence-corrected chi connectivity index (χ0v) is 24.1. The van der Waals surface area contributed by atoms with Gasteiger partial charge in [-0.25, -0.2) is 0 Å². The lowest BCUT2D eigenvalue weighted by Crippen LogP contribution is -2.31. The highest BCUT2D eigenvalue weighted by Crippen LogP contribution is 2.40. The standard InChI is InChI=1S/C35H44N2O3/c1-3-35(4-2,34(38)39)22-23-36-32-12-7-10-28(25-32)16-21-31-11-8-13-33(37-31)26-40-24-6-5-9-27-14-17-29(18-15-27)30-19-20-30/h7-8,10-18,21,25,30,36H,3-6,9,19-20,22-24,26H2,1-2H3,(H,38,39). The zero-order valence-electron chi connectivity index (χ0n) is 24.1. The van der Waals surface area contributed by atoms with Crippen LogP contribution >= 0.6 is 0 Å². The third-order valence-corrected chi connectivity index (χ3v) is 8.18. The summed E-state index contributed by atoms with van der Waals surface area (Å²) in [5.41, 5.74) is 6.13. The molecule has 212 valence electrons. The molecule has 40 heavy (non-hydrogen) atoms. The van der Waals surface area contributed by atoms with Gasteiger partial charge in [-0.1, -0.05) is 62.4 Å². The number of aromatic nitrogens is 1. The largest absolute Gasteiger partial charge is 0.481 e. The van der Waals surface area contributed by atoms with Crippen molar-refractivity contribution in [3.05, 3.63) is 94.8 Å². The zero-order chi connectivity index (χ0) is 28.2. The van der Waals surface area contributed by atoms with Gasteiger partial charge in [0.15, 0.2) is 0 Å². The Labute approximate surface area is 239 Å². The monoisotopic (exact) mass is 540 g/mol. The summed E-state index contributed by atoms with van der Waals surface area (Å²) in [7, 11) is 0. The van der Waals surface area contributed by atoms with Crippen LogP contribution in [0.3, 0.4) is 0 Å². The fraction of sp³-hybridized carbons (Fsp3) is 0.429. The third-order valence-electron chi connectivity index (χ3n) is 8.18. The van der Waals surface area contributed by atoms with Crippen LogP contribution in [0.5, 0.6) is 0 Å². The number of rotatable bonds is 17. The molecule has 0 bridgehead atoms. The summed E-state index contributed by atoms with van der Waals surface area (Å²) in [6, 6.07) is 23.4. The van der Waals surface area contributed by atoms with E-state index in [-0.39, 0.29) is 0 Å². The van der Waals surface area contributed by atoms with Crippen LogP contribution in [0.2, 0.25) is 0 Å². The lowest BCUT2D eigenvalue weighted by molar-refractivity contribution is -0.149. The first-order chi connectivity index (χ1) is 19.5. The number of ether oxygens (including phenoxy) is 1. The Kier molecular flexibility index (Phi) is 10.9. The minimum absolute atomic E-state index is 0.518. The van der Waals surface area contributed by atoms with Gasteiger partial charge in [0.25, 0.3) is 0 Å². The van der Waals surface area contributed by atoms with Crippen LogP contribution in [0.1, 0.15) is 92.8 Å². The van der Waals surface area contributed by atoms with Gasteiger partial charge in [-0.15, -0.1) is 0 Å². The SMILES string of the molecule is CCC(CC)(CCNc1cccc(C=Cc2cccc(COCCCCc3ccc(C4CC4)cc3)n2)c1)C(=O)O. The first-order valence-electron chi connectivity index (χ1n) is 14.9. The van der Waals surface area contributed by atoms with Crippen LogP contribution < -0.4 is 5.32 Å². The average Bonchev–Trinajstić information content (AvgIpc) is 3.83. The molecule has 1 fully saturated rings. The predicted octanol–water partition coefficient (Wildman–Crippen LogP) is 8.36. The number of anilines is 1. The topological polar surface area (TPSA) is 71.5 Å². The van der Waals surface area contributed by atoms with Crippen LogP contribution in [0, 0.1) is 5.41 Å². The van der Waals surface area contributed by atoms with Crippen molar-refractivity contribution in [2.75, 3.05) is 18.5 Å². The summed E-state index contributed by atoms with van der Waals surface area (Å²) in [6.07, 6.45) is 11.9. The molecule has 5 heteroatoms. The molecule has 1 saturated carbocycles. The number of aryl methyl sites for hydroxylation is 1.